The zero-order valence-corrected chi connectivity index (χ0v) is 35.1. The first-order valence-corrected chi connectivity index (χ1v) is 20.8. The molecule has 0 atom stereocenters. The first kappa shape index (κ1) is 37.1. The van der Waals surface area contributed by atoms with E-state index in [4.69, 9.17) is 19.7 Å². The molecule has 0 N–H and O–H groups in total. The Kier molecular flexibility index (Phi) is 8.52. The molecule has 0 bridgehead atoms. The number of benzene rings is 7. The Labute approximate surface area is 376 Å². The Morgan fingerprint density at radius 1 is 0.460 bits per heavy atom. The number of rotatable bonds is 6. The molecule has 0 fully saturated rings. The maximum atomic E-state index is 6.87. The van der Waals surface area contributed by atoms with Crippen LogP contribution in [-0.4, -0.2) is 23.9 Å². The van der Waals surface area contributed by atoms with Gasteiger partial charge < -0.3 is 13.7 Å². The number of aromatic nitrogens is 5. The number of nitrogens with zero attached hydrogens (tertiary/aromatic N) is 5. The van der Waals surface area contributed by atoms with Gasteiger partial charge in [-0.1, -0.05) is 168 Å². The molecule has 6 heterocycles. The van der Waals surface area contributed by atoms with E-state index in [1.165, 1.54) is 16.7 Å². The molecular formula is C56H33N5OPd. The molecule has 12 aromatic rings. The van der Waals surface area contributed by atoms with Crippen LogP contribution in [0, 0.1) is 12.1 Å². The summed E-state index contributed by atoms with van der Waals surface area (Å²) in [6.45, 7) is 0. The van der Waals surface area contributed by atoms with Gasteiger partial charge in [0.2, 0.25) is 0 Å². The van der Waals surface area contributed by atoms with Crippen molar-refractivity contribution in [3.63, 3.8) is 0 Å². The van der Waals surface area contributed by atoms with Gasteiger partial charge in [-0.3, -0.25) is 4.98 Å². The quantitative estimate of drug-likeness (QED) is 0.0948. The third kappa shape index (κ3) is 5.37. The predicted molar refractivity (Wildman–Crippen MR) is 247 cm³/mol. The van der Waals surface area contributed by atoms with Gasteiger partial charge in [0.25, 0.3) is 0 Å². The zero-order chi connectivity index (χ0) is 40.8. The van der Waals surface area contributed by atoms with Crippen LogP contribution in [-0.2, 0) is 25.8 Å². The second kappa shape index (κ2) is 14.5. The number of hydrogen-bond acceptors (Lipinski definition) is 4. The summed E-state index contributed by atoms with van der Waals surface area (Å²) < 4.78 is 11.3. The molecule has 1 aliphatic rings. The number of para-hydroxylation sites is 1. The number of hydrogen-bond donors (Lipinski definition) is 0. The summed E-state index contributed by atoms with van der Waals surface area (Å²) >= 11 is 0. The van der Waals surface area contributed by atoms with E-state index in [1.807, 2.05) is 48.8 Å². The summed E-state index contributed by atoms with van der Waals surface area (Å²) in [5.41, 5.74) is 12.3. The van der Waals surface area contributed by atoms with Crippen LogP contribution in [0.3, 0.4) is 0 Å². The minimum atomic E-state index is -0.653. The van der Waals surface area contributed by atoms with Gasteiger partial charge in [-0.2, -0.15) is 6.07 Å². The van der Waals surface area contributed by atoms with Gasteiger partial charge in [-0.05, 0) is 40.3 Å². The van der Waals surface area contributed by atoms with E-state index in [0.29, 0.717) is 11.5 Å². The molecular weight excluding hydrogens is 865 g/mol. The largest absolute Gasteiger partial charge is 2.00 e. The van der Waals surface area contributed by atoms with E-state index in [0.717, 1.165) is 83.2 Å². The fourth-order valence-corrected chi connectivity index (χ4v) is 10.0. The minimum absolute atomic E-state index is 0. The minimum Gasteiger partial charge on any atom is -0.503 e. The molecule has 6 nitrogen and oxygen atoms in total. The van der Waals surface area contributed by atoms with Crippen molar-refractivity contribution < 1.29 is 25.2 Å². The average Bonchev–Trinajstić information content (AvgIpc) is 3.92. The number of imidazole rings is 1. The van der Waals surface area contributed by atoms with Crippen molar-refractivity contribution in [1.29, 1.82) is 0 Å². The standard InChI is InChI=1S/C56H33N5O.Pd/c1-5-16-36(17-6-1)50-51(37-18-7-2-8-19-37)61-54-44(25-14-33-58-54)42-30-28-40(34-46(42)55(61)59-50)62-41-29-31-47-49(35-41)60-52-43(45-26-15-32-57-53(45)60)24-13-27-48(52)56(47,38-20-9-3-10-21-38)39-22-11-4-12-23-39;/h1-33H;/q-2;+2. The Hall–Kier alpha value is -7.69. The van der Waals surface area contributed by atoms with Crippen LogP contribution in [0.15, 0.2) is 200 Å². The monoisotopic (exact) mass is 897 g/mol. The van der Waals surface area contributed by atoms with Gasteiger partial charge in [0.1, 0.15) is 11.3 Å². The van der Waals surface area contributed by atoms with Crippen LogP contribution in [0.4, 0.5) is 0 Å². The molecule has 0 saturated carbocycles. The van der Waals surface area contributed by atoms with Gasteiger partial charge in [0.15, 0.2) is 0 Å². The number of fused-ring (bicyclic) bond motifs is 11. The van der Waals surface area contributed by atoms with Crippen LogP contribution in [0.25, 0.3) is 77.6 Å². The molecule has 0 amide bonds. The van der Waals surface area contributed by atoms with Crippen molar-refractivity contribution in [2.24, 2.45) is 0 Å². The van der Waals surface area contributed by atoms with Gasteiger partial charge >= 0.3 is 20.4 Å². The van der Waals surface area contributed by atoms with E-state index in [1.54, 1.807) is 0 Å². The fourth-order valence-electron chi connectivity index (χ4n) is 10.0. The first-order chi connectivity index (χ1) is 30.8. The summed E-state index contributed by atoms with van der Waals surface area (Å²) in [6.07, 6.45) is 3.71. The third-order valence-corrected chi connectivity index (χ3v) is 12.5. The van der Waals surface area contributed by atoms with Crippen LogP contribution >= 0.6 is 0 Å². The molecule has 0 radical (unpaired) electrons. The summed E-state index contributed by atoms with van der Waals surface area (Å²) in [5, 5.41) is 5.06. The Balaban J connectivity index is 0.00000421. The van der Waals surface area contributed by atoms with E-state index < -0.39 is 5.41 Å². The summed E-state index contributed by atoms with van der Waals surface area (Å²) in [7, 11) is 0. The molecule has 0 unspecified atom stereocenters. The zero-order valence-electron chi connectivity index (χ0n) is 33.5. The fraction of sp³-hybridized carbons (Fsp3) is 0.0179. The van der Waals surface area contributed by atoms with Crippen molar-refractivity contribution in [3.8, 4) is 39.7 Å². The smallest absolute Gasteiger partial charge is 0.503 e. The Morgan fingerprint density at radius 3 is 1.75 bits per heavy atom. The summed E-state index contributed by atoms with van der Waals surface area (Å²) in [5.74, 6) is 1.12. The van der Waals surface area contributed by atoms with Gasteiger partial charge in [0.05, 0.1) is 22.6 Å². The van der Waals surface area contributed by atoms with Gasteiger partial charge in [-0.15, -0.1) is 29.8 Å². The molecule has 0 saturated heterocycles. The molecule has 298 valence electrons. The molecule has 0 spiro atoms. The molecule has 5 aromatic heterocycles. The van der Waals surface area contributed by atoms with Crippen molar-refractivity contribution >= 4 is 49.4 Å². The normalized spacial score (nSPS) is 12.8. The number of pyridine rings is 3. The van der Waals surface area contributed by atoms with E-state index in [-0.39, 0.29) is 20.4 Å². The van der Waals surface area contributed by atoms with E-state index in [2.05, 4.69) is 173 Å². The topological polar surface area (TPSA) is 57.2 Å². The molecule has 1 aliphatic heterocycles. The first-order valence-electron chi connectivity index (χ1n) is 20.8. The maximum absolute atomic E-state index is 6.87. The van der Waals surface area contributed by atoms with Crippen molar-refractivity contribution in [1.82, 2.24) is 23.9 Å². The van der Waals surface area contributed by atoms with Gasteiger partial charge in [-0.25, -0.2) is 9.97 Å². The second-order valence-corrected chi connectivity index (χ2v) is 15.8. The van der Waals surface area contributed by atoms with Crippen molar-refractivity contribution in [2.75, 3.05) is 0 Å². The van der Waals surface area contributed by atoms with Crippen LogP contribution < -0.4 is 4.74 Å². The van der Waals surface area contributed by atoms with Crippen LogP contribution in [0.2, 0.25) is 0 Å². The van der Waals surface area contributed by atoms with Crippen LogP contribution in [0.1, 0.15) is 22.3 Å². The molecule has 0 aliphatic carbocycles. The number of ether oxygens (including phenoxy) is 1. The van der Waals surface area contributed by atoms with Crippen molar-refractivity contribution in [3.05, 3.63) is 235 Å². The van der Waals surface area contributed by atoms with E-state index in [9.17, 15) is 0 Å². The Bertz CT molecular complexity index is 3680. The SMILES string of the molecule is [Pd+2].[c-]1c(Oc2[c-]c3c(cc2)c2cccnc2n2c(-c4ccccc4)c(-c4ccccc4)nc32)ccc2c1-n1c3ncccc3c3cccc(c31)C2(c1ccccc1)c1ccccc1. The summed E-state index contributed by atoms with van der Waals surface area (Å²) in [6, 6.07) is 73.2. The van der Waals surface area contributed by atoms with Crippen molar-refractivity contribution in [2.45, 2.75) is 5.41 Å². The molecule has 63 heavy (non-hydrogen) atoms. The van der Waals surface area contributed by atoms with E-state index >= 15 is 0 Å². The summed E-state index contributed by atoms with van der Waals surface area (Å²) in [4.78, 5) is 15.3. The van der Waals surface area contributed by atoms with Crippen LogP contribution in [0.5, 0.6) is 11.5 Å². The molecule has 13 rings (SSSR count). The average molecular weight is 898 g/mol. The Morgan fingerprint density at radius 2 is 1.05 bits per heavy atom. The maximum Gasteiger partial charge on any atom is 2.00 e. The molecule has 7 aromatic carbocycles. The predicted octanol–water partition coefficient (Wildman–Crippen LogP) is 12.9. The molecule has 7 heteroatoms. The van der Waals surface area contributed by atoms with Gasteiger partial charge in [0, 0.05) is 51.2 Å². The second-order valence-electron chi connectivity index (χ2n) is 15.8. The third-order valence-electron chi connectivity index (χ3n) is 12.5.